The molecule has 3 rings (SSSR count). The average molecular weight is 407 g/mol. The molecule has 0 spiro atoms. The van der Waals surface area contributed by atoms with Crippen molar-refractivity contribution in [3.8, 4) is 5.75 Å². The highest BCUT2D eigenvalue weighted by Crippen LogP contribution is 2.18. The minimum absolute atomic E-state index is 0.0737. The fourth-order valence-electron chi connectivity index (χ4n) is 2.92. The third-order valence-electron chi connectivity index (χ3n) is 4.71. The molecule has 0 fully saturated rings. The van der Waals surface area contributed by atoms with Crippen LogP contribution in [-0.4, -0.2) is 36.0 Å². The SMILES string of the molecule is Cc1noc(C)c1COc1ccc(C(=O)NCc2cccc(C(=O)N(C)C)c2)cc1. The Morgan fingerprint density at radius 1 is 1.07 bits per heavy atom. The van der Waals surface area contributed by atoms with E-state index >= 15 is 0 Å². The van der Waals surface area contributed by atoms with Gasteiger partial charge in [-0.25, -0.2) is 0 Å². The van der Waals surface area contributed by atoms with Gasteiger partial charge in [-0.3, -0.25) is 9.59 Å². The normalized spacial score (nSPS) is 10.5. The van der Waals surface area contributed by atoms with Gasteiger partial charge in [0.25, 0.3) is 11.8 Å². The molecule has 0 atom stereocenters. The maximum absolute atomic E-state index is 12.4. The quantitative estimate of drug-likeness (QED) is 0.648. The summed E-state index contributed by atoms with van der Waals surface area (Å²) >= 11 is 0. The lowest BCUT2D eigenvalue weighted by atomic mass is 10.1. The van der Waals surface area contributed by atoms with Gasteiger partial charge in [-0.2, -0.15) is 0 Å². The van der Waals surface area contributed by atoms with E-state index in [9.17, 15) is 9.59 Å². The van der Waals surface area contributed by atoms with Crippen LogP contribution in [0.1, 0.15) is 43.3 Å². The van der Waals surface area contributed by atoms with Gasteiger partial charge in [0.2, 0.25) is 0 Å². The van der Waals surface area contributed by atoms with Gasteiger partial charge in [-0.05, 0) is 55.8 Å². The summed E-state index contributed by atoms with van der Waals surface area (Å²) in [5.74, 6) is 1.12. The number of rotatable bonds is 7. The number of carbonyl (C=O) groups excluding carboxylic acids is 2. The Labute approximate surface area is 175 Å². The lowest BCUT2D eigenvalue weighted by Gasteiger charge is -2.12. The number of ether oxygens (including phenoxy) is 1. The van der Waals surface area contributed by atoms with Crippen LogP contribution in [0.4, 0.5) is 0 Å². The maximum atomic E-state index is 12.4. The first-order valence-electron chi connectivity index (χ1n) is 9.58. The van der Waals surface area contributed by atoms with Gasteiger partial charge >= 0.3 is 0 Å². The van der Waals surface area contributed by atoms with Crippen molar-refractivity contribution in [2.45, 2.75) is 27.0 Å². The van der Waals surface area contributed by atoms with E-state index in [-0.39, 0.29) is 11.8 Å². The number of carbonyl (C=O) groups is 2. The van der Waals surface area contributed by atoms with Crippen molar-refractivity contribution in [1.29, 1.82) is 0 Å². The fourth-order valence-corrected chi connectivity index (χ4v) is 2.92. The summed E-state index contributed by atoms with van der Waals surface area (Å²) in [5.41, 5.74) is 3.70. The summed E-state index contributed by atoms with van der Waals surface area (Å²) in [5, 5.41) is 6.78. The Hall–Kier alpha value is -3.61. The average Bonchev–Trinajstić information content (AvgIpc) is 3.07. The van der Waals surface area contributed by atoms with Crippen LogP contribution in [0.5, 0.6) is 5.75 Å². The fraction of sp³-hybridized carbons (Fsp3) is 0.261. The summed E-state index contributed by atoms with van der Waals surface area (Å²) in [6.07, 6.45) is 0. The Bertz CT molecular complexity index is 1020. The standard InChI is InChI=1S/C23H25N3O4/c1-15-21(16(2)30-25-15)14-29-20-10-8-18(9-11-20)22(27)24-13-17-6-5-7-19(12-17)23(28)26(3)4/h5-12H,13-14H2,1-4H3,(H,24,27). The zero-order valence-electron chi connectivity index (χ0n) is 17.6. The molecule has 0 saturated carbocycles. The molecule has 2 aromatic carbocycles. The van der Waals surface area contributed by atoms with Crippen LogP contribution in [-0.2, 0) is 13.2 Å². The van der Waals surface area contributed by atoms with E-state index in [1.54, 1.807) is 50.5 Å². The van der Waals surface area contributed by atoms with E-state index in [1.165, 1.54) is 4.90 Å². The molecule has 7 heteroatoms. The molecule has 0 aliphatic heterocycles. The molecule has 0 saturated heterocycles. The molecule has 0 radical (unpaired) electrons. The molecule has 3 aromatic rings. The van der Waals surface area contributed by atoms with Crippen molar-refractivity contribution >= 4 is 11.8 Å². The van der Waals surface area contributed by atoms with Gasteiger partial charge in [0.1, 0.15) is 18.1 Å². The molecule has 0 unspecified atom stereocenters. The smallest absolute Gasteiger partial charge is 0.253 e. The highest BCUT2D eigenvalue weighted by atomic mass is 16.5. The van der Waals surface area contributed by atoms with Crippen LogP contribution >= 0.6 is 0 Å². The summed E-state index contributed by atoms with van der Waals surface area (Å²) in [6, 6.07) is 14.2. The number of hydrogen-bond donors (Lipinski definition) is 1. The molecule has 0 aliphatic carbocycles. The first kappa shape index (κ1) is 21.1. The topological polar surface area (TPSA) is 84.7 Å². The van der Waals surface area contributed by atoms with E-state index in [2.05, 4.69) is 10.5 Å². The predicted octanol–water partition coefficient (Wildman–Crippen LogP) is 3.50. The highest BCUT2D eigenvalue weighted by molar-refractivity contribution is 5.95. The third-order valence-corrected chi connectivity index (χ3v) is 4.71. The number of benzene rings is 2. The Balaban J connectivity index is 1.56. The van der Waals surface area contributed by atoms with Gasteiger partial charge in [0.15, 0.2) is 0 Å². The van der Waals surface area contributed by atoms with Gasteiger partial charge in [0.05, 0.1) is 11.3 Å². The molecular formula is C23H25N3O4. The van der Waals surface area contributed by atoms with E-state index in [0.29, 0.717) is 30.0 Å². The first-order valence-corrected chi connectivity index (χ1v) is 9.58. The minimum atomic E-state index is -0.198. The molecule has 30 heavy (non-hydrogen) atoms. The molecule has 1 N–H and O–H groups in total. The molecular weight excluding hydrogens is 382 g/mol. The second-order valence-electron chi connectivity index (χ2n) is 7.20. The van der Waals surface area contributed by atoms with Crippen LogP contribution in [0.3, 0.4) is 0 Å². The van der Waals surface area contributed by atoms with Gasteiger partial charge in [-0.15, -0.1) is 0 Å². The predicted molar refractivity (Wildman–Crippen MR) is 112 cm³/mol. The second kappa shape index (κ2) is 9.26. The summed E-state index contributed by atoms with van der Waals surface area (Å²) < 4.78 is 10.9. The first-order chi connectivity index (χ1) is 14.3. The number of aryl methyl sites for hydroxylation is 2. The van der Waals surface area contributed by atoms with Crippen molar-refractivity contribution in [3.63, 3.8) is 0 Å². The van der Waals surface area contributed by atoms with E-state index < -0.39 is 0 Å². The zero-order chi connectivity index (χ0) is 21.7. The van der Waals surface area contributed by atoms with E-state index in [0.717, 1.165) is 22.6 Å². The number of hydrogen-bond acceptors (Lipinski definition) is 5. The molecule has 0 aliphatic rings. The minimum Gasteiger partial charge on any atom is -0.489 e. The van der Waals surface area contributed by atoms with Crippen molar-refractivity contribution in [2.24, 2.45) is 0 Å². The van der Waals surface area contributed by atoms with Crippen LogP contribution < -0.4 is 10.1 Å². The Morgan fingerprint density at radius 2 is 1.80 bits per heavy atom. The zero-order valence-corrected chi connectivity index (χ0v) is 17.6. The third kappa shape index (κ3) is 5.05. The van der Waals surface area contributed by atoms with Crippen molar-refractivity contribution in [3.05, 3.63) is 82.2 Å². The van der Waals surface area contributed by atoms with Crippen LogP contribution in [0, 0.1) is 13.8 Å². The molecule has 7 nitrogen and oxygen atoms in total. The van der Waals surface area contributed by atoms with Gasteiger partial charge < -0.3 is 19.5 Å². The molecule has 1 heterocycles. The highest BCUT2D eigenvalue weighted by Gasteiger charge is 2.11. The molecule has 0 bridgehead atoms. The number of nitrogens with zero attached hydrogens (tertiary/aromatic N) is 2. The Kier molecular flexibility index (Phi) is 6.51. The lowest BCUT2D eigenvalue weighted by Crippen LogP contribution is -2.24. The van der Waals surface area contributed by atoms with Crippen molar-refractivity contribution < 1.29 is 18.8 Å². The van der Waals surface area contributed by atoms with Crippen molar-refractivity contribution in [2.75, 3.05) is 14.1 Å². The van der Waals surface area contributed by atoms with Gasteiger partial charge in [-0.1, -0.05) is 17.3 Å². The van der Waals surface area contributed by atoms with Crippen LogP contribution in [0.2, 0.25) is 0 Å². The largest absolute Gasteiger partial charge is 0.489 e. The monoisotopic (exact) mass is 407 g/mol. The Morgan fingerprint density at radius 3 is 2.43 bits per heavy atom. The number of aromatic nitrogens is 1. The summed E-state index contributed by atoms with van der Waals surface area (Å²) in [6.45, 7) is 4.40. The molecule has 156 valence electrons. The second-order valence-corrected chi connectivity index (χ2v) is 7.20. The van der Waals surface area contributed by atoms with Gasteiger partial charge in [0, 0.05) is 31.8 Å². The van der Waals surface area contributed by atoms with Crippen LogP contribution in [0.15, 0.2) is 53.1 Å². The number of amides is 2. The molecule has 1 aromatic heterocycles. The maximum Gasteiger partial charge on any atom is 0.253 e. The van der Waals surface area contributed by atoms with Crippen molar-refractivity contribution in [1.82, 2.24) is 15.4 Å². The summed E-state index contributed by atoms with van der Waals surface area (Å²) in [4.78, 5) is 26.0. The number of nitrogens with one attached hydrogen (secondary N) is 1. The van der Waals surface area contributed by atoms with E-state index in [4.69, 9.17) is 9.26 Å². The van der Waals surface area contributed by atoms with Crippen LogP contribution in [0.25, 0.3) is 0 Å². The lowest BCUT2D eigenvalue weighted by molar-refractivity contribution is 0.0827. The van der Waals surface area contributed by atoms with E-state index in [1.807, 2.05) is 26.0 Å². The molecule has 2 amide bonds. The summed E-state index contributed by atoms with van der Waals surface area (Å²) in [7, 11) is 3.41.